The predicted octanol–water partition coefficient (Wildman–Crippen LogP) is 3.27. The summed E-state index contributed by atoms with van der Waals surface area (Å²) in [5.41, 5.74) is 1.76. The van der Waals surface area contributed by atoms with Crippen LogP contribution in [0.25, 0.3) is 10.9 Å². The summed E-state index contributed by atoms with van der Waals surface area (Å²) in [5, 5.41) is 6.70. The third-order valence-corrected chi connectivity index (χ3v) is 8.27. The van der Waals surface area contributed by atoms with Gasteiger partial charge in [0.05, 0.1) is 19.2 Å². The number of rotatable bonds is 3. The van der Waals surface area contributed by atoms with Crippen LogP contribution < -0.4 is 15.4 Å². The van der Waals surface area contributed by atoms with Crippen molar-refractivity contribution in [3.05, 3.63) is 65.1 Å². The molecule has 5 rings (SSSR count). The number of ether oxygens (including phenoxy) is 1. The zero-order chi connectivity index (χ0) is 30.7. The van der Waals surface area contributed by atoms with Crippen LogP contribution in [0.15, 0.2) is 42.5 Å². The molecule has 228 valence electrons. The molecule has 2 aromatic carbocycles. The first-order valence-corrected chi connectivity index (χ1v) is 14.8. The minimum absolute atomic E-state index is 0.0568. The van der Waals surface area contributed by atoms with Gasteiger partial charge in [-0.15, -0.1) is 0 Å². The number of H-pyrrole nitrogens is 1. The molecule has 1 fully saturated rings. The first kappa shape index (κ1) is 30.1. The molecule has 3 N–H and O–H groups in total. The summed E-state index contributed by atoms with van der Waals surface area (Å²) >= 11 is 0. The van der Waals surface area contributed by atoms with E-state index < -0.39 is 23.8 Å². The molecule has 43 heavy (non-hydrogen) atoms. The van der Waals surface area contributed by atoms with Crippen LogP contribution >= 0.6 is 0 Å². The number of carbonyl (C=O) groups is 4. The maximum atomic E-state index is 14.8. The fraction of sp³-hybridized carbons (Fsp3) is 0.438. The van der Waals surface area contributed by atoms with Crippen molar-refractivity contribution in [1.29, 1.82) is 0 Å². The number of aromatic nitrogens is 1. The van der Waals surface area contributed by atoms with Crippen molar-refractivity contribution in [3.8, 4) is 5.75 Å². The molecule has 4 amide bonds. The number of aromatic amines is 1. The lowest BCUT2D eigenvalue weighted by Gasteiger charge is -2.32. The average Bonchev–Trinajstić information content (AvgIpc) is 3.65. The van der Waals surface area contributed by atoms with Crippen LogP contribution in [0.4, 0.5) is 4.39 Å². The van der Waals surface area contributed by atoms with Gasteiger partial charge in [-0.1, -0.05) is 19.9 Å². The highest BCUT2D eigenvalue weighted by Gasteiger charge is 2.37. The van der Waals surface area contributed by atoms with E-state index in [0.717, 1.165) is 16.5 Å². The second-order valence-electron chi connectivity index (χ2n) is 11.6. The van der Waals surface area contributed by atoms with Gasteiger partial charge in [-0.25, -0.2) is 4.39 Å². The van der Waals surface area contributed by atoms with Crippen LogP contribution in [0.1, 0.15) is 59.5 Å². The van der Waals surface area contributed by atoms with Crippen LogP contribution in [0.2, 0.25) is 0 Å². The van der Waals surface area contributed by atoms with E-state index in [1.165, 1.54) is 21.9 Å². The van der Waals surface area contributed by atoms with Crippen LogP contribution in [0.5, 0.6) is 5.75 Å². The molecule has 1 aromatic heterocycles. The molecule has 2 aliphatic rings. The number of nitrogens with one attached hydrogen (secondary N) is 3. The molecule has 0 aliphatic carbocycles. The summed E-state index contributed by atoms with van der Waals surface area (Å²) in [6, 6.07) is 10.3. The topological polar surface area (TPSA) is 124 Å². The lowest BCUT2D eigenvalue weighted by atomic mass is 10.0. The normalized spacial score (nSPS) is 20.5. The SMILES string of the molecule is COc1ccc2[nH]c(C(=O)N3CC(=O)NCCCc4ccc(F)c(c4)C(=O)N4CCC[C@H]4C(=O)N[C@H](C(C)C)C3)cc2c1. The van der Waals surface area contributed by atoms with Gasteiger partial charge in [0.2, 0.25) is 11.8 Å². The maximum absolute atomic E-state index is 14.8. The highest BCUT2D eigenvalue weighted by molar-refractivity contribution is 6.00. The third-order valence-electron chi connectivity index (χ3n) is 8.27. The van der Waals surface area contributed by atoms with E-state index in [-0.39, 0.29) is 42.3 Å². The molecule has 0 saturated carbocycles. The molecular weight excluding hydrogens is 553 g/mol. The Hall–Kier alpha value is -4.41. The van der Waals surface area contributed by atoms with E-state index in [1.54, 1.807) is 25.3 Å². The molecule has 0 spiro atoms. The van der Waals surface area contributed by atoms with Gasteiger partial charge < -0.3 is 30.2 Å². The molecular formula is C32H38FN5O5. The summed E-state index contributed by atoms with van der Waals surface area (Å²) in [5.74, 6) is -1.66. The molecule has 3 heterocycles. The number of fused-ring (bicyclic) bond motifs is 4. The second-order valence-corrected chi connectivity index (χ2v) is 11.6. The van der Waals surface area contributed by atoms with E-state index in [1.807, 2.05) is 26.0 Å². The number of aryl methyl sites for hydroxylation is 1. The highest BCUT2D eigenvalue weighted by atomic mass is 19.1. The fourth-order valence-electron chi connectivity index (χ4n) is 5.76. The zero-order valence-electron chi connectivity index (χ0n) is 24.7. The summed E-state index contributed by atoms with van der Waals surface area (Å²) in [6.45, 7) is 4.40. The first-order chi connectivity index (χ1) is 20.6. The van der Waals surface area contributed by atoms with E-state index >= 15 is 0 Å². The maximum Gasteiger partial charge on any atom is 0.270 e. The summed E-state index contributed by atoms with van der Waals surface area (Å²) in [4.78, 5) is 60.0. The summed E-state index contributed by atoms with van der Waals surface area (Å²) in [6.07, 6.45) is 2.14. The highest BCUT2D eigenvalue weighted by Crippen LogP contribution is 2.25. The van der Waals surface area contributed by atoms with Crippen molar-refractivity contribution in [3.63, 3.8) is 0 Å². The standard InChI is InChI=1S/C32H38FN5O5/c1-19(2)27-17-37(32(42)26-16-21-15-22(43-3)9-11-25(21)35-26)18-29(39)34-12-4-6-20-8-10-24(33)23(14-20)31(41)38-13-5-7-28(38)30(40)36-27/h8-11,14-16,19,27-28,35H,4-7,12-13,17-18H2,1-3H3,(H,34,39)(H,36,40)/t27-,28-/m0/s1. The Morgan fingerprint density at radius 2 is 1.88 bits per heavy atom. The molecule has 2 bridgehead atoms. The van der Waals surface area contributed by atoms with Gasteiger partial charge >= 0.3 is 0 Å². The number of halogens is 1. The Morgan fingerprint density at radius 1 is 1.07 bits per heavy atom. The second kappa shape index (κ2) is 12.8. The predicted molar refractivity (Wildman–Crippen MR) is 159 cm³/mol. The molecule has 2 aliphatic heterocycles. The smallest absolute Gasteiger partial charge is 0.270 e. The monoisotopic (exact) mass is 591 g/mol. The summed E-state index contributed by atoms with van der Waals surface area (Å²) < 4.78 is 20.1. The Balaban J connectivity index is 1.45. The van der Waals surface area contributed by atoms with Crippen LogP contribution in [0, 0.1) is 11.7 Å². The largest absolute Gasteiger partial charge is 0.497 e. The number of hydrogen-bond donors (Lipinski definition) is 3. The van der Waals surface area contributed by atoms with Gasteiger partial charge in [-0.2, -0.15) is 0 Å². The first-order valence-electron chi connectivity index (χ1n) is 14.8. The van der Waals surface area contributed by atoms with Gasteiger partial charge in [0.1, 0.15) is 23.3 Å². The lowest BCUT2D eigenvalue weighted by Crippen LogP contribution is -2.54. The number of benzene rings is 2. The molecule has 1 saturated heterocycles. The minimum atomic E-state index is -0.761. The Bertz CT molecular complexity index is 1540. The van der Waals surface area contributed by atoms with Crippen LogP contribution in [-0.4, -0.2) is 83.8 Å². The van der Waals surface area contributed by atoms with E-state index in [2.05, 4.69) is 15.6 Å². The van der Waals surface area contributed by atoms with Crippen molar-refractivity contribution in [1.82, 2.24) is 25.4 Å². The lowest BCUT2D eigenvalue weighted by molar-refractivity contribution is -0.126. The fourth-order valence-corrected chi connectivity index (χ4v) is 5.76. The number of methoxy groups -OCH3 is 1. The van der Waals surface area contributed by atoms with Gasteiger partial charge in [0.25, 0.3) is 11.8 Å². The van der Waals surface area contributed by atoms with Gasteiger partial charge in [0, 0.05) is 36.6 Å². The number of amides is 4. The van der Waals surface area contributed by atoms with Gasteiger partial charge in [0.15, 0.2) is 0 Å². The van der Waals surface area contributed by atoms with Crippen LogP contribution in [-0.2, 0) is 16.0 Å². The van der Waals surface area contributed by atoms with Crippen molar-refractivity contribution in [2.75, 3.05) is 33.3 Å². The number of hydrogen-bond acceptors (Lipinski definition) is 5. The molecule has 10 nitrogen and oxygen atoms in total. The molecule has 3 aromatic rings. The average molecular weight is 592 g/mol. The molecule has 0 unspecified atom stereocenters. The van der Waals surface area contributed by atoms with Crippen molar-refractivity contribution in [2.45, 2.75) is 51.6 Å². The van der Waals surface area contributed by atoms with Crippen molar-refractivity contribution < 1.29 is 28.3 Å². The van der Waals surface area contributed by atoms with Gasteiger partial charge in [-0.3, -0.25) is 19.2 Å². The van der Waals surface area contributed by atoms with Crippen molar-refractivity contribution >= 4 is 34.5 Å². The van der Waals surface area contributed by atoms with E-state index in [9.17, 15) is 23.6 Å². The molecule has 2 atom stereocenters. The third kappa shape index (κ3) is 6.65. The Morgan fingerprint density at radius 3 is 2.65 bits per heavy atom. The number of nitrogens with zero attached hydrogens (tertiary/aromatic N) is 2. The van der Waals surface area contributed by atoms with Gasteiger partial charge in [-0.05, 0) is 73.6 Å². The molecule has 11 heteroatoms. The Kier molecular flexibility index (Phi) is 8.98. The quantitative estimate of drug-likeness (QED) is 0.432. The molecule has 0 radical (unpaired) electrons. The number of carbonyl (C=O) groups excluding carboxylic acids is 4. The zero-order valence-corrected chi connectivity index (χ0v) is 24.7. The van der Waals surface area contributed by atoms with E-state index in [0.29, 0.717) is 50.2 Å². The Labute approximate surface area is 249 Å². The van der Waals surface area contributed by atoms with Crippen molar-refractivity contribution in [2.24, 2.45) is 5.92 Å². The van der Waals surface area contributed by atoms with E-state index in [4.69, 9.17) is 4.74 Å². The minimum Gasteiger partial charge on any atom is -0.497 e. The van der Waals surface area contributed by atoms with Crippen LogP contribution in [0.3, 0.4) is 0 Å². The summed E-state index contributed by atoms with van der Waals surface area (Å²) in [7, 11) is 1.57.